The van der Waals surface area contributed by atoms with Gasteiger partial charge in [-0.05, 0) is 42.5 Å². The number of amides is 1. The number of fused-ring (bicyclic) bond motifs is 1. The third-order valence-corrected chi connectivity index (χ3v) is 3.74. The molecule has 7 heteroatoms. The van der Waals surface area contributed by atoms with E-state index in [1.807, 2.05) is 0 Å². The van der Waals surface area contributed by atoms with Gasteiger partial charge in [0.2, 0.25) is 6.79 Å². The number of halogens is 1. The van der Waals surface area contributed by atoms with Crippen molar-refractivity contribution < 1.29 is 18.7 Å². The van der Waals surface area contributed by atoms with E-state index in [-0.39, 0.29) is 24.2 Å². The molecule has 0 fully saturated rings. The van der Waals surface area contributed by atoms with Crippen LogP contribution in [0.15, 0.2) is 60.8 Å². The Kier molecular flexibility index (Phi) is 4.10. The van der Waals surface area contributed by atoms with Crippen LogP contribution in [-0.2, 0) is 0 Å². The van der Waals surface area contributed by atoms with Crippen molar-refractivity contribution >= 4 is 23.0 Å². The molecule has 0 unspecified atom stereocenters. The minimum Gasteiger partial charge on any atom is -0.454 e. The first-order valence-electron chi connectivity index (χ1n) is 7.87. The Hall–Kier alpha value is -3.61. The summed E-state index contributed by atoms with van der Waals surface area (Å²) in [5.41, 5.74) is 2.09. The van der Waals surface area contributed by atoms with Crippen LogP contribution in [0.4, 0.5) is 21.5 Å². The second kappa shape index (κ2) is 6.72. The van der Waals surface area contributed by atoms with E-state index in [2.05, 4.69) is 15.6 Å². The minimum atomic E-state index is -0.346. The lowest BCUT2D eigenvalue weighted by Gasteiger charge is -2.08. The molecule has 26 heavy (non-hydrogen) atoms. The quantitative estimate of drug-likeness (QED) is 0.745. The van der Waals surface area contributed by atoms with Gasteiger partial charge in [0.1, 0.15) is 11.5 Å². The molecule has 1 amide bonds. The average Bonchev–Trinajstić information content (AvgIpc) is 3.10. The molecule has 130 valence electrons. The van der Waals surface area contributed by atoms with E-state index in [9.17, 15) is 9.18 Å². The van der Waals surface area contributed by atoms with Crippen LogP contribution in [0.1, 0.15) is 10.5 Å². The number of carbonyl (C=O) groups excluding carboxylic acids is 1. The molecular weight excluding hydrogens is 337 g/mol. The van der Waals surface area contributed by atoms with E-state index < -0.39 is 0 Å². The lowest BCUT2D eigenvalue weighted by Crippen LogP contribution is -2.13. The van der Waals surface area contributed by atoms with E-state index in [0.717, 1.165) is 0 Å². The fourth-order valence-corrected chi connectivity index (χ4v) is 2.50. The smallest absolute Gasteiger partial charge is 0.274 e. The zero-order valence-electron chi connectivity index (χ0n) is 13.5. The Morgan fingerprint density at radius 3 is 2.62 bits per heavy atom. The number of rotatable bonds is 4. The van der Waals surface area contributed by atoms with Crippen molar-refractivity contribution in [3.8, 4) is 11.5 Å². The molecule has 1 aliphatic rings. The summed E-state index contributed by atoms with van der Waals surface area (Å²) in [7, 11) is 0. The molecule has 1 aliphatic heterocycles. The molecule has 4 rings (SSSR count). The highest BCUT2D eigenvalue weighted by Crippen LogP contribution is 2.34. The summed E-state index contributed by atoms with van der Waals surface area (Å²) in [4.78, 5) is 16.5. The zero-order valence-corrected chi connectivity index (χ0v) is 13.5. The van der Waals surface area contributed by atoms with Crippen molar-refractivity contribution in [2.75, 3.05) is 17.4 Å². The Morgan fingerprint density at radius 1 is 0.962 bits per heavy atom. The average molecular weight is 351 g/mol. The number of nitrogens with one attached hydrogen (secondary N) is 2. The molecule has 2 N–H and O–H groups in total. The molecule has 0 aliphatic carbocycles. The second-order valence-corrected chi connectivity index (χ2v) is 5.59. The van der Waals surface area contributed by atoms with Crippen LogP contribution < -0.4 is 20.1 Å². The molecule has 0 saturated carbocycles. The molecule has 3 aromatic rings. The fraction of sp³-hybridized carbons (Fsp3) is 0.0526. The van der Waals surface area contributed by atoms with Gasteiger partial charge in [-0.25, -0.2) is 9.37 Å². The van der Waals surface area contributed by atoms with Crippen molar-refractivity contribution in [1.82, 2.24) is 4.98 Å². The summed E-state index contributed by atoms with van der Waals surface area (Å²) in [6.07, 6.45) is 1.51. The van der Waals surface area contributed by atoms with E-state index in [1.165, 1.54) is 18.3 Å². The lowest BCUT2D eigenvalue weighted by atomic mass is 10.2. The maximum atomic E-state index is 13.2. The van der Waals surface area contributed by atoms with Gasteiger partial charge in [-0.1, -0.05) is 6.07 Å². The first-order chi connectivity index (χ1) is 12.7. The van der Waals surface area contributed by atoms with Gasteiger partial charge in [0, 0.05) is 17.4 Å². The van der Waals surface area contributed by atoms with Gasteiger partial charge in [0.05, 0.1) is 11.9 Å². The Bertz CT molecular complexity index is 960. The third-order valence-electron chi connectivity index (χ3n) is 3.74. The Labute approximate surface area is 148 Å². The monoisotopic (exact) mass is 351 g/mol. The second-order valence-electron chi connectivity index (χ2n) is 5.59. The lowest BCUT2D eigenvalue weighted by molar-refractivity contribution is 0.102. The summed E-state index contributed by atoms with van der Waals surface area (Å²) < 4.78 is 23.7. The number of anilines is 3. The van der Waals surface area contributed by atoms with Crippen LogP contribution >= 0.6 is 0 Å². The number of hydrogen-bond acceptors (Lipinski definition) is 5. The summed E-state index contributed by atoms with van der Waals surface area (Å²) in [6, 6.07) is 14.5. The standard InChI is InChI=1S/C19H14FN3O3/c20-12-2-1-3-13(8-12)22-15-4-6-16(21-10-15)19(24)23-14-5-7-17-18(9-14)26-11-25-17/h1-10,22H,11H2,(H,23,24). The van der Waals surface area contributed by atoms with Gasteiger partial charge in [0.25, 0.3) is 5.91 Å². The van der Waals surface area contributed by atoms with Crippen molar-refractivity contribution in [2.45, 2.75) is 0 Å². The van der Waals surface area contributed by atoms with Crippen molar-refractivity contribution in [3.63, 3.8) is 0 Å². The predicted molar refractivity (Wildman–Crippen MR) is 94.4 cm³/mol. The predicted octanol–water partition coefficient (Wildman–Crippen LogP) is 3.95. The van der Waals surface area contributed by atoms with E-state index in [1.54, 1.807) is 42.5 Å². The van der Waals surface area contributed by atoms with Crippen LogP contribution in [0.2, 0.25) is 0 Å². The number of carbonyl (C=O) groups is 1. The molecular formula is C19H14FN3O3. The summed E-state index contributed by atoms with van der Waals surface area (Å²) in [6.45, 7) is 0.175. The van der Waals surface area contributed by atoms with Crippen molar-refractivity contribution in [3.05, 3.63) is 72.3 Å². The Morgan fingerprint density at radius 2 is 1.81 bits per heavy atom. The van der Waals surface area contributed by atoms with Crippen LogP contribution in [0.25, 0.3) is 0 Å². The van der Waals surface area contributed by atoms with Gasteiger partial charge in [-0.2, -0.15) is 0 Å². The van der Waals surface area contributed by atoms with E-state index in [0.29, 0.717) is 28.6 Å². The van der Waals surface area contributed by atoms with Gasteiger partial charge < -0.3 is 20.1 Å². The number of ether oxygens (including phenoxy) is 2. The highest BCUT2D eigenvalue weighted by atomic mass is 19.1. The number of nitrogens with zero attached hydrogens (tertiary/aromatic N) is 1. The fourth-order valence-electron chi connectivity index (χ4n) is 2.50. The van der Waals surface area contributed by atoms with Crippen molar-refractivity contribution in [1.29, 1.82) is 0 Å². The molecule has 0 bridgehead atoms. The molecule has 1 aromatic heterocycles. The van der Waals surface area contributed by atoms with E-state index in [4.69, 9.17) is 9.47 Å². The first-order valence-corrected chi connectivity index (χ1v) is 7.87. The largest absolute Gasteiger partial charge is 0.454 e. The highest BCUT2D eigenvalue weighted by molar-refractivity contribution is 6.03. The number of hydrogen-bond donors (Lipinski definition) is 2. The van der Waals surface area contributed by atoms with Gasteiger partial charge in [-0.15, -0.1) is 0 Å². The summed E-state index contributed by atoms with van der Waals surface area (Å²) in [5, 5.41) is 5.78. The summed E-state index contributed by atoms with van der Waals surface area (Å²) in [5.74, 6) is 0.558. The van der Waals surface area contributed by atoms with Crippen LogP contribution in [0.5, 0.6) is 11.5 Å². The van der Waals surface area contributed by atoms with Gasteiger partial charge in [-0.3, -0.25) is 4.79 Å². The molecule has 6 nitrogen and oxygen atoms in total. The molecule has 2 heterocycles. The van der Waals surface area contributed by atoms with Crippen LogP contribution in [0.3, 0.4) is 0 Å². The minimum absolute atomic E-state index is 0.175. The SMILES string of the molecule is O=C(Nc1ccc2c(c1)OCO2)c1ccc(Nc2cccc(F)c2)cn1. The number of benzene rings is 2. The van der Waals surface area contributed by atoms with Crippen LogP contribution in [0, 0.1) is 5.82 Å². The normalized spacial score (nSPS) is 11.9. The topological polar surface area (TPSA) is 72.5 Å². The maximum absolute atomic E-state index is 13.2. The number of aromatic nitrogens is 1. The summed E-state index contributed by atoms with van der Waals surface area (Å²) >= 11 is 0. The van der Waals surface area contributed by atoms with Crippen molar-refractivity contribution in [2.24, 2.45) is 0 Å². The molecule has 0 radical (unpaired) electrons. The zero-order chi connectivity index (χ0) is 17.9. The highest BCUT2D eigenvalue weighted by Gasteiger charge is 2.15. The molecule has 0 saturated heterocycles. The van der Waals surface area contributed by atoms with E-state index >= 15 is 0 Å². The van der Waals surface area contributed by atoms with Gasteiger partial charge in [0.15, 0.2) is 11.5 Å². The number of pyridine rings is 1. The first kappa shape index (κ1) is 15.9. The van der Waals surface area contributed by atoms with Crippen LogP contribution in [-0.4, -0.2) is 17.7 Å². The molecule has 2 aromatic carbocycles. The maximum Gasteiger partial charge on any atom is 0.274 e. The Balaban J connectivity index is 1.43. The third kappa shape index (κ3) is 3.41. The molecule has 0 atom stereocenters. The molecule has 0 spiro atoms. The van der Waals surface area contributed by atoms with Gasteiger partial charge >= 0.3 is 0 Å².